The summed E-state index contributed by atoms with van der Waals surface area (Å²) in [4.78, 5) is 0. The first-order valence-electron chi connectivity index (χ1n) is 3.49. The monoisotopic (exact) mass is 209 g/mol. The zero-order valence-corrected chi connectivity index (χ0v) is 10.4. The first-order chi connectivity index (χ1) is 5.16. The van der Waals surface area contributed by atoms with Crippen molar-refractivity contribution in [3.05, 3.63) is 40.7 Å². The van der Waals surface area contributed by atoms with E-state index in [0.29, 0.717) is 0 Å². The van der Waals surface area contributed by atoms with E-state index in [1.807, 2.05) is 13.8 Å². The van der Waals surface area contributed by atoms with Gasteiger partial charge in [0.1, 0.15) is 5.76 Å². The second-order valence-electron chi connectivity index (χ2n) is 2.55. The Balaban J connectivity index is 0. The van der Waals surface area contributed by atoms with Gasteiger partial charge in [-0.05, 0) is 25.0 Å². The van der Waals surface area contributed by atoms with Gasteiger partial charge < -0.3 is 22.5 Å². The second-order valence-corrected chi connectivity index (χ2v) is 2.55. The molecule has 13 heavy (non-hydrogen) atoms. The molecule has 0 atom stereocenters. The number of rotatable bonds is 1. The summed E-state index contributed by atoms with van der Waals surface area (Å²) < 4.78 is 5.18. The standard InChI is InChI=1S/C9H12NO.ClH.Mg/c1-6-5-10-8(3)7(2)9(6)11-4;;/h5H,3H2,1-2,4H3;1H;/q-1;;+2/p-1. The maximum absolute atomic E-state index is 5.18. The van der Waals surface area contributed by atoms with Crippen molar-refractivity contribution in [2.24, 2.45) is 0 Å². The molecule has 1 aliphatic rings. The molecule has 2 nitrogen and oxygen atoms in total. The summed E-state index contributed by atoms with van der Waals surface area (Å²) in [7, 11) is 1.66. The van der Waals surface area contributed by atoms with Crippen LogP contribution in [0.5, 0.6) is 0 Å². The van der Waals surface area contributed by atoms with Crippen LogP contribution in [-0.2, 0) is 4.74 Å². The number of allylic oxidation sites excluding steroid dienone is 2. The van der Waals surface area contributed by atoms with Gasteiger partial charge in [0.25, 0.3) is 0 Å². The van der Waals surface area contributed by atoms with Gasteiger partial charge in [0.2, 0.25) is 0 Å². The summed E-state index contributed by atoms with van der Waals surface area (Å²) in [5, 5.41) is 4.10. The molecule has 0 aromatic heterocycles. The van der Waals surface area contributed by atoms with Gasteiger partial charge in [0.05, 0.1) is 7.11 Å². The van der Waals surface area contributed by atoms with Gasteiger partial charge in [-0.25, -0.2) is 0 Å². The normalized spacial score (nSPS) is 15.0. The van der Waals surface area contributed by atoms with Crippen LogP contribution in [-0.4, -0.2) is 30.2 Å². The zero-order chi connectivity index (χ0) is 8.43. The molecule has 0 spiro atoms. The molecular formula is C9H12ClMgNO. The van der Waals surface area contributed by atoms with Crippen molar-refractivity contribution in [2.75, 3.05) is 7.11 Å². The van der Waals surface area contributed by atoms with Crippen molar-refractivity contribution in [2.45, 2.75) is 13.8 Å². The van der Waals surface area contributed by atoms with Crippen LogP contribution in [0, 0.1) is 0 Å². The van der Waals surface area contributed by atoms with Crippen LogP contribution in [0.15, 0.2) is 35.4 Å². The molecule has 1 rings (SSSR count). The van der Waals surface area contributed by atoms with E-state index in [1.165, 1.54) is 0 Å². The molecule has 0 fully saturated rings. The van der Waals surface area contributed by atoms with Gasteiger partial charge in [-0.2, -0.15) is 6.20 Å². The Kier molecular flexibility index (Phi) is 7.50. The van der Waals surface area contributed by atoms with Gasteiger partial charge in [0.15, 0.2) is 0 Å². The summed E-state index contributed by atoms with van der Waals surface area (Å²) in [6.45, 7) is 7.71. The van der Waals surface area contributed by atoms with Gasteiger partial charge in [-0.1, -0.05) is 0 Å². The third-order valence-corrected chi connectivity index (χ3v) is 1.75. The molecule has 0 bridgehead atoms. The molecule has 1 heterocycles. The first kappa shape index (κ1) is 15.4. The number of hydrogen-bond acceptors (Lipinski definition) is 1. The predicted octanol–water partition coefficient (Wildman–Crippen LogP) is -0.665. The molecule has 68 valence electrons. The van der Waals surface area contributed by atoms with Crippen molar-refractivity contribution < 1.29 is 17.1 Å². The summed E-state index contributed by atoms with van der Waals surface area (Å²) in [5.74, 6) is 0.894. The van der Waals surface area contributed by atoms with Gasteiger partial charge in [-0.3, -0.25) is 0 Å². The van der Waals surface area contributed by atoms with E-state index in [2.05, 4.69) is 11.9 Å². The number of ether oxygens (including phenoxy) is 1. The molecule has 0 aromatic carbocycles. The summed E-state index contributed by atoms with van der Waals surface area (Å²) in [6.07, 6.45) is 1.77. The minimum absolute atomic E-state index is 0. The van der Waals surface area contributed by atoms with E-state index in [0.717, 1.165) is 22.6 Å². The Bertz CT molecular complexity index is 258. The molecule has 0 radical (unpaired) electrons. The SMILES string of the molecule is C=C1[N-]C=C(C)C(OC)=C1C.[Cl-].[Mg+2]. The third kappa shape index (κ3) is 3.25. The average molecular weight is 210 g/mol. The van der Waals surface area contributed by atoms with Gasteiger partial charge in [0, 0.05) is 0 Å². The van der Waals surface area contributed by atoms with Crippen molar-refractivity contribution in [1.29, 1.82) is 0 Å². The van der Waals surface area contributed by atoms with Crippen LogP contribution < -0.4 is 12.4 Å². The maximum Gasteiger partial charge on any atom is 2.00 e. The summed E-state index contributed by atoms with van der Waals surface area (Å²) in [6, 6.07) is 0. The maximum atomic E-state index is 5.18. The number of methoxy groups -OCH3 is 1. The zero-order valence-electron chi connectivity index (χ0n) is 8.22. The topological polar surface area (TPSA) is 23.3 Å². The summed E-state index contributed by atoms with van der Waals surface area (Å²) in [5.41, 5.74) is 2.86. The molecule has 0 saturated carbocycles. The molecule has 0 unspecified atom stereocenters. The predicted molar refractivity (Wildman–Crippen MR) is 51.7 cm³/mol. The quantitative estimate of drug-likeness (QED) is 0.526. The van der Waals surface area contributed by atoms with Crippen molar-refractivity contribution in [3.63, 3.8) is 0 Å². The first-order valence-corrected chi connectivity index (χ1v) is 3.49. The van der Waals surface area contributed by atoms with Crippen LogP contribution in [0.25, 0.3) is 5.32 Å². The van der Waals surface area contributed by atoms with E-state index in [4.69, 9.17) is 4.74 Å². The molecule has 1 aliphatic heterocycles. The van der Waals surface area contributed by atoms with Crippen molar-refractivity contribution in [1.82, 2.24) is 0 Å². The number of nitrogens with zero attached hydrogens (tertiary/aromatic N) is 1. The molecule has 0 saturated heterocycles. The van der Waals surface area contributed by atoms with Gasteiger partial charge >= 0.3 is 23.1 Å². The molecular weight excluding hydrogens is 198 g/mol. The smallest absolute Gasteiger partial charge is 1.00 e. The average Bonchev–Trinajstić information content (AvgIpc) is 1.99. The molecule has 0 N–H and O–H groups in total. The fourth-order valence-corrected chi connectivity index (χ4v) is 1.07. The van der Waals surface area contributed by atoms with Crippen LogP contribution in [0.2, 0.25) is 0 Å². The fourth-order valence-electron chi connectivity index (χ4n) is 1.07. The molecule has 0 amide bonds. The van der Waals surface area contributed by atoms with Crippen LogP contribution >= 0.6 is 0 Å². The Hall–Kier alpha value is -0.124. The Morgan fingerprint density at radius 2 is 1.92 bits per heavy atom. The van der Waals surface area contributed by atoms with Crippen LogP contribution in [0.4, 0.5) is 0 Å². The van der Waals surface area contributed by atoms with Gasteiger partial charge in [-0.15, -0.1) is 12.3 Å². The van der Waals surface area contributed by atoms with E-state index in [9.17, 15) is 0 Å². The Morgan fingerprint density at radius 3 is 2.31 bits per heavy atom. The largest absolute Gasteiger partial charge is 2.00 e. The minimum atomic E-state index is 0. The molecule has 0 aliphatic carbocycles. The van der Waals surface area contributed by atoms with E-state index in [-0.39, 0.29) is 35.5 Å². The second kappa shape index (κ2) is 6.35. The van der Waals surface area contributed by atoms with Crippen molar-refractivity contribution in [3.8, 4) is 0 Å². The number of hydrogen-bond donors (Lipinski definition) is 0. The number of halogens is 1. The third-order valence-electron chi connectivity index (χ3n) is 1.75. The minimum Gasteiger partial charge on any atom is -1.00 e. The molecule has 4 heteroatoms. The van der Waals surface area contributed by atoms with Crippen molar-refractivity contribution >= 4 is 23.1 Å². The fraction of sp³-hybridized carbons (Fsp3) is 0.333. The van der Waals surface area contributed by atoms with E-state index in [1.54, 1.807) is 13.3 Å². The molecule has 0 aromatic rings. The summed E-state index contributed by atoms with van der Waals surface area (Å²) >= 11 is 0. The van der Waals surface area contributed by atoms with E-state index >= 15 is 0 Å². The Labute approximate surface area is 102 Å². The Morgan fingerprint density at radius 1 is 1.38 bits per heavy atom. The van der Waals surface area contributed by atoms with Crippen LogP contribution in [0.1, 0.15) is 13.8 Å². The van der Waals surface area contributed by atoms with Crippen LogP contribution in [0.3, 0.4) is 0 Å². The van der Waals surface area contributed by atoms with E-state index < -0.39 is 0 Å².